The molecule has 1 aliphatic rings. The number of aromatic nitrogens is 2. The molecule has 3 rings (SSSR count). The lowest BCUT2D eigenvalue weighted by Crippen LogP contribution is -2.36. The van der Waals surface area contributed by atoms with Crippen LogP contribution < -0.4 is 4.57 Å². The van der Waals surface area contributed by atoms with Crippen molar-refractivity contribution in [2.24, 2.45) is 0 Å². The molecule has 0 radical (unpaired) electrons. The fourth-order valence-electron chi connectivity index (χ4n) is 2.85. The molecule has 0 N–H and O–H groups in total. The molecular weight excluding hydrogens is 280 g/mol. The molecule has 120 valence electrons. The first-order valence-electron chi connectivity index (χ1n) is 8.16. The van der Waals surface area contributed by atoms with Crippen molar-refractivity contribution in [3.8, 4) is 0 Å². The van der Waals surface area contributed by atoms with Gasteiger partial charge in [0.15, 0.2) is 17.3 Å². The van der Waals surface area contributed by atoms with E-state index in [4.69, 9.17) is 14.2 Å². The van der Waals surface area contributed by atoms with Crippen LogP contribution in [0.2, 0.25) is 0 Å². The molecule has 0 atom stereocenters. The van der Waals surface area contributed by atoms with Crippen LogP contribution in [0.4, 0.5) is 0 Å². The van der Waals surface area contributed by atoms with Crippen LogP contribution in [0.3, 0.4) is 0 Å². The van der Waals surface area contributed by atoms with Crippen LogP contribution in [-0.4, -0.2) is 37.3 Å². The van der Waals surface area contributed by atoms with Gasteiger partial charge in [0.25, 0.3) is 0 Å². The van der Waals surface area contributed by atoms with Crippen molar-refractivity contribution in [3.05, 3.63) is 30.6 Å². The summed E-state index contributed by atoms with van der Waals surface area (Å²) in [5, 5.41) is 0. The van der Waals surface area contributed by atoms with E-state index in [0.717, 1.165) is 52.4 Å². The van der Waals surface area contributed by atoms with Crippen LogP contribution in [0.5, 0.6) is 0 Å². The van der Waals surface area contributed by atoms with Crippen molar-refractivity contribution in [2.75, 3.05) is 26.4 Å². The minimum atomic E-state index is -0.0632. The number of nitrogens with zero attached hydrogens (tertiary/aromatic N) is 2. The van der Waals surface area contributed by atoms with Crippen molar-refractivity contribution in [2.45, 2.75) is 39.1 Å². The third kappa shape index (κ3) is 3.66. The summed E-state index contributed by atoms with van der Waals surface area (Å²) in [4.78, 5) is 0. The Hall–Kier alpha value is -1.43. The second kappa shape index (κ2) is 7.72. The molecule has 1 saturated heterocycles. The van der Waals surface area contributed by atoms with Gasteiger partial charge in [-0.15, -0.1) is 0 Å². The van der Waals surface area contributed by atoms with Gasteiger partial charge in [-0.1, -0.05) is 12.1 Å². The molecule has 1 aliphatic heterocycles. The van der Waals surface area contributed by atoms with Gasteiger partial charge in [-0.2, -0.15) is 0 Å². The van der Waals surface area contributed by atoms with Gasteiger partial charge >= 0.3 is 0 Å². The molecule has 2 aromatic rings. The minimum Gasteiger partial charge on any atom is -0.378 e. The lowest BCUT2D eigenvalue weighted by molar-refractivity contribution is -0.674. The molecule has 5 heteroatoms. The third-order valence-corrected chi connectivity index (χ3v) is 3.96. The van der Waals surface area contributed by atoms with Crippen LogP contribution in [0.25, 0.3) is 11.0 Å². The number of hydrogen-bond donors (Lipinski definition) is 0. The Morgan fingerprint density at radius 2 is 2.09 bits per heavy atom. The standard InChI is InChI=1S/C17H25N2O3/c1-2-20-13-10-19-14-18(15-6-3-4-7-16(15)19)9-8-17-21-11-5-12-22-17/h3-4,6-7,14,17H,2,5,8-13H2,1H3/q+1. The third-order valence-electron chi connectivity index (χ3n) is 3.96. The van der Waals surface area contributed by atoms with Gasteiger partial charge in [0.2, 0.25) is 6.33 Å². The summed E-state index contributed by atoms with van der Waals surface area (Å²) in [5.41, 5.74) is 2.49. The van der Waals surface area contributed by atoms with Crippen molar-refractivity contribution < 1.29 is 18.8 Å². The molecule has 22 heavy (non-hydrogen) atoms. The highest BCUT2D eigenvalue weighted by Crippen LogP contribution is 2.13. The maximum Gasteiger partial charge on any atom is 0.244 e. The van der Waals surface area contributed by atoms with Gasteiger partial charge in [-0.3, -0.25) is 0 Å². The largest absolute Gasteiger partial charge is 0.378 e. The summed E-state index contributed by atoms with van der Waals surface area (Å²) < 4.78 is 21.3. The summed E-state index contributed by atoms with van der Waals surface area (Å²) >= 11 is 0. The van der Waals surface area contributed by atoms with E-state index in [1.165, 1.54) is 11.0 Å². The van der Waals surface area contributed by atoms with Crippen molar-refractivity contribution in [1.29, 1.82) is 0 Å². The van der Waals surface area contributed by atoms with Crippen molar-refractivity contribution in [1.82, 2.24) is 4.57 Å². The summed E-state index contributed by atoms with van der Waals surface area (Å²) in [7, 11) is 0. The van der Waals surface area contributed by atoms with E-state index < -0.39 is 0 Å². The lowest BCUT2D eigenvalue weighted by Gasteiger charge is -2.22. The molecule has 2 heterocycles. The van der Waals surface area contributed by atoms with Gasteiger partial charge in [0.1, 0.15) is 6.54 Å². The highest BCUT2D eigenvalue weighted by Gasteiger charge is 2.19. The quantitative estimate of drug-likeness (QED) is 0.581. The number of imidazole rings is 1. The minimum absolute atomic E-state index is 0.0632. The Morgan fingerprint density at radius 3 is 2.91 bits per heavy atom. The summed E-state index contributed by atoms with van der Waals surface area (Å²) in [6, 6.07) is 8.48. The van der Waals surface area contributed by atoms with Crippen molar-refractivity contribution >= 4 is 11.0 Å². The Morgan fingerprint density at radius 1 is 1.27 bits per heavy atom. The Balaban J connectivity index is 1.71. The first-order chi connectivity index (χ1) is 10.9. The number of benzene rings is 1. The summed E-state index contributed by atoms with van der Waals surface area (Å²) in [6.45, 7) is 6.92. The molecular formula is C17H25N2O3+. The topological polar surface area (TPSA) is 36.5 Å². The first-order valence-corrected chi connectivity index (χ1v) is 8.16. The molecule has 0 amide bonds. The zero-order valence-corrected chi connectivity index (χ0v) is 13.2. The van der Waals surface area contributed by atoms with Gasteiger partial charge in [0, 0.05) is 13.0 Å². The Kier molecular flexibility index (Phi) is 5.43. The average Bonchev–Trinajstić information content (AvgIpc) is 2.93. The van der Waals surface area contributed by atoms with E-state index >= 15 is 0 Å². The van der Waals surface area contributed by atoms with E-state index in [-0.39, 0.29) is 6.29 Å². The lowest BCUT2D eigenvalue weighted by atomic mass is 10.3. The molecule has 1 aromatic carbocycles. The zero-order valence-electron chi connectivity index (χ0n) is 13.2. The highest BCUT2D eigenvalue weighted by molar-refractivity contribution is 5.71. The smallest absolute Gasteiger partial charge is 0.244 e. The molecule has 0 saturated carbocycles. The van der Waals surface area contributed by atoms with Crippen LogP contribution in [0.15, 0.2) is 30.6 Å². The van der Waals surface area contributed by atoms with Crippen LogP contribution in [0.1, 0.15) is 19.8 Å². The fourth-order valence-corrected chi connectivity index (χ4v) is 2.85. The Labute approximate surface area is 131 Å². The zero-order chi connectivity index (χ0) is 15.2. The van der Waals surface area contributed by atoms with Gasteiger partial charge < -0.3 is 14.2 Å². The fraction of sp³-hybridized carbons (Fsp3) is 0.588. The van der Waals surface area contributed by atoms with E-state index in [0.29, 0.717) is 0 Å². The van der Waals surface area contributed by atoms with E-state index in [9.17, 15) is 0 Å². The first kappa shape index (κ1) is 15.5. The second-order valence-electron chi connectivity index (χ2n) is 5.50. The SMILES string of the molecule is CCOCCn1c[n+](CCC2OCCCO2)c2ccccc21. The monoisotopic (exact) mass is 305 g/mol. The summed E-state index contributed by atoms with van der Waals surface area (Å²) in [6.07, 6.45) is 3.99. The molecule has 1 fully saturated rings. The average molecular weight is 305 g/mol. The predicted octanol–water partition coefficient (Wildman–Crippen LogP) is 2.12. The van der Waals surface area contributed by atoms with E-state index in [2.05, 4.69) is 39.7 Å². The maximum absolute atomic E-state index is 5.64. The molecule has 0 spiro atoms. The number of aryl methyl sites for hydroxylation is 1. The highest BCUT2D eigenvalue weighted by atomic mass is 16.7. The summed E-state index contributed by atoms with van der Waals surface area (Å²) in [5.74, 6) is 0. The molecule has 0 aliphatic carbocycles. The number of rotatable bonds is 7. The van der Waals surface area contributed by atoms with Crippen LogP contribution >= 0.6 is 0 Å². The van der Waals surface area contributed by atoms with Gasteiger partial charge in [0.05, 0.1) is 26.4 Å². The van der Waals surface area contributed by atoms with Crippen LogP contribution in [-0.2, 0) is 27.3 Å². The molecule has 0 bridgehead atoms. The normalized spacial score (nSPS) is 16.4. The number of hydrogen-bond acceptors (Lipinski definition) is 3. The Bertz CT molecular complexity index is 591. The van der Waals surface area contributed by atoms with Gasteiger partial charge in [-0.05, 0) is 25.5 Å². The molecule has 1 aromatic heterocycles. The molecule has 0 unspecified atom stereocenters. The van der Waals surface area contributed by atoms with Crippen molar-refractivity contribution in [3.63, 3.8) is 0 Å². The number of ether oxygens (including phenoxy) is 3. The maximum atomic E-state index is 5.64. The molecule has 5 nitrogen and oxygen atoms in total. The van der Waals surface area contributed by atoms with Gasteiger partial charge in [-0.25, -0.2) is 9.13 Å². The van der Waals surface area contributed by atoms with Crippen LogP contribution in [0, 0.1) is 0 Å². The van der Waals surface area contributed by atoms with E-state index in [1.807, 2.05) is 6.92 Å². The predicted molar refractivity (Wildman–Crippen MR) is 83.6 cm³/mol. The number of fused-ring (bicyclic) bond motifs is 1. The van der Waals surface area contributed by atoms with E-state index in [1.54, 1.807) is 0 Å². The number of para-hydroxylation sites is 2. The second-order valence-corrected chi connectivity index (χ2v) is 5.50.